The van der Waals surface area contributed by atoms with Crippen molar-refractivity contribution in [3.63, 3.8) is 0 Å². The maximum absolute atomic E-state index is 9.39. The number of carbonyl (C=O) groups excluding carboxylic acids is 1. The standard InChI is InChI=1S/C5H14NO.C3H4O4/c1-6(2,3)4-5-7;4-2(5)1-3(6)7/h7H,4-5H2,1-3H3;1H2,(H,4,5)(H,6,7)/q+1;/p-1. The van der Waals surface area contributed by atoms with Gasteiger partial charge in [-0.2, -0.15) is 0 Å². The number of aliphatic hydroxyl groups is 1. The average Bonchev–Trinajstić information content (AvgIpc) is 1.80. The van der Waals surface area contributed by atoms with Crippen molar-refractivity contribution in [1.82, 2.24) is 0 Å². The summed E-state index contributed by atoms with van der Waals surface area (Å²) in [5.41, 5.74) is 0. The first kappa shape index (κ1) is 15.3. The van der Waals surface area contributed by atoms with Gasteiger partial charge in [0.05, 0.1) is 40.1 Å². The van der Waals surface area contributed by atoms with E-state index in [-0.39, 0.29) is 6.61 Å². The molecule has 0 aliphatic heterocycles. The van der Waals surface area contributed by atoms with Gasteiger partial charge in [-0.1, -0.05) is 0 Å². The van der Waals surface area contributed by atoms with Gasteiger partial charge in [0.2, 0.25) is 0 Å². The van der Waals surface area contributed by atoms with Crippen molar-refractivity contribution in [2.24, 2.45) is 0 Å². The van der Waals surface area contributed by atoms with Crippen LogP contribution < -0.4 is 5.11 Å². The number of hydrogen-bond donors (Lipinski definition) is 2. The molecule has 0 saturated carbocycles. The van der Waals surface area contributed by atoms with Crippen molar-refractivity contribution in [2.75, 3.05) is 34.3 Å². The Labute approximate surface area is 83.0 Å². The van der Waals surface area contributed by atoms with Crippen molar-refractivity contribution in [3.8, 4) is 0 Å². The number of quaternary nitrogens is 1. The number of aliphatic carboxylic acids is 2. The lowest BCUT2D eigenvalue weighted by molar-refractivity contribution is -0.870. The van der Waals surface area contributed by atoms with Crippen LogP contribution in [0.25, 0.3) is 0 Å². The highest BCUT2D eigenvalue weighted by Crippen LogP contribution is 1.84. The van der Waals surface area contributed by atoms with E-state index in [9.17, 15) is 14.7 Å². The molecule has 0 rings (SSSR count). The van der Waals surface area contributed by atoms with Gasteiger partial charge in [-0.15, -0.1) is 0 Å². The Morgan fingerprint density at radius 2 is 1.71 bits per heavy atom. The van der Waals surface area contributed by atoms with E-state index in [0.29, 0.717) is 0 Å². The molecule has 0 bridgehead atoms. The van der Waals surface area contributed by atoms with Gasteiger partial charge in [-0.05, 0) is 0 Å². The fourth-order valence-electron chi connectivity index (χ4n) is 0.423. The summed E-state index contributed by atoms with van der Waals surface area (Å²) in [6, 6.07) is 0. The molecule has 0 heterocycles. The molecule has 0 aliphatic rings. The van der Waals surface area contributed by atoms with Gasteiger partial charge in [0.15, 0.2) is 0 Å². The number of aliphatic hydroxyl groups excluding tert-OH is 1. The molecule has 0 aliphatic carbocycles. The van der Waals surface area contributed by atoms with Crippen LogP contribution in [-0.2, 0) is 9.59 Å². The molecule has 14 heavy (non-hydrogen) atoms. The van der Waals surface area contributed by atoms with E-state index in [4.69, 9.17) is 10.2 Å². The first-order valence-corrected chi connectivity index (χ1v) is 4.02. The fourth-order valence-corrected chi connectivity index (χ4v) is 0.423. The van der Waals surface area contributed by atoms with Crippen LogP contribution in [0.15, 0.2) is 0 Å². The van der Waals surface area contributed by atoms with Gasteiger partial charge < -0.3 is 24.6 Å². The van der Waals surface area contributed by atoms with Gasteiger partial charge in [0.25, 0.3) is 0 Å². The molecule has 0 aromatic heterocycles. The molecule has 84 valence electrons. The van der Waals surface area contributed by atoms with E-state index in [1.165, 1.54) is 0 Å². The summed E-state index contributed by atoms with van der Waals surface area (Å²) < 4.78 is 0.844. The van der Waals surface area contributed by atoms with Crippen molar-refractivity contribution in [2.45, 2.75) is 6.42 Å². The van der Waals surface area contributed by atoms with Gasteiger partial charge in [-0.3, -0.25) is 4.79 Å². The molecular formula is C8H17NO5. The van der Waals surface area contributed by atoms with Crippen LogP contribution in [0.1, 0.15) is 6.42 Å². The zero-order valence-corrected chi connectivity index (χ0v) is 8.69. The minimum absolute atomic E-state index is 0.281. The zero-order chi connectivity index (χ0) is 11.8. The first-order chi connectivity index (χ1) is 6.19. The summed E-state index contributed by atoms with van der Waals surface area (Å²) in [7, 11) is 6.16. The number of carbonyl (C=O) groups is 2. The highest BCUT2D eigenvalue weighted by atomic mass is 16.4. The van der Waals surface area contributed by atoms with Gasteiger partial charge in [0.1, 0.15) is 6.54 Å². The van der Waals surface area contributed by atoms with Crippen LogP contribution in [-0.4, -0.2) is 60.9 Å². The minimum Gasteiger partial charge on any atom is -0.550 e. The van der Waals surface area contributed by atoms with E-state index >= 15 is 0 Å². The van der Waals surface area contributed by atoms with Crippen LogP contribution in [0.5, 0.6) is 0 Å². The molecule has 2 N–H and O–H groups in total. The number of likely N-dealkylation sites (N-methyl/N-ethyl adjacent to an activating group) is 1. The number of carboxylic acids is 2. The predicted molar refractivity (Wildman–Crippen MR) is 47.2 cm³/mol. The maximum atomic E-state index is 9.39. The first-order valence-electron chi connectivity index (χ1n) is 4.02. The van der Waals surface area contributed by atoms with Crippen molar-refractivity contribution >= 4 is 11.9 Å². The van der Waals surface area contributed by atoms with Crippen molar-refractivity contribution in [3.05, 3.63) is 0 Å². The molecule has 0 aromatic carbocycles. The molecular weight excluding hydrogens is 190 g/mol. The molecule has 0 atom stereocenters. The summed E-state index contributed by atoms with van der Waals surface area (Å²) in [5, 5.41) is 25.4. The fraction of sp³-hybridized carbons (Fsp3) is 0.750. The average molecular weight is 207 g/mol. The zero-order valence-electron chi connectivity index (χ0n) is 8.69. The lowest BCUT2D eigenvalue weighted by atomic mass is 10.5. The molecule has 6 nitrogen and oxygen atoms in total. The predicted octanol–water partition coefficient (Wildman–Crippen LogP) is -2.10. The van der Waals surface area contributed by atoms with Crippen LogP contribution >= 0.6 is 0 Å². The van der Waals surface area contributed by atoms with Gasteiger partial charge in [-0.25, -0.2) is 0 Å². The molecule has 0 amide bonds. The second-order valence-corrected chi connectivity index (χ2v) is 3.68. The van der Waals surface area contributed by atoms with E-state index in [0.717, 1.165) is 11.0 Å². The lowest BCUT2D eigenvalue weighted by Gasteiger charge is -2.21. The second-order valence-electron chi connectivity index (χ2n) is 3.68. The van der Waals surface area contributed by atoms with Crippen molar-refractivity contribution in [1.29, 1.82) is 0 Å². The summed E-state index contributed by atoms with van der Waals surface area (Å²) in [6.07, 6.45) is -0.917. The monoisotopic (exact) mass is 207 g/mol. The second kappa shape index (κ2) is 7.28. The topological polar surface area (TPSA) is 97.7 Å². The molecule has 0 fully saturated rings. The normalized spacial score (nSPS) is 10.0. The summed E-state index contributed by atoms with van der Waals surface area (Å²) in [5.74, 6) is -2.94. The van der Waals surface area contributed by atoms with Crippen LogP contribution in [0, 0.1) is 0 Å². The number of nitrogens with zero attached hydrogens (tertiary/aromatic N) is 1. The Hall–Kier alpha value is -1.14. The smallest absolute Gasteiger partial charge is 0.309 e. The van der Waals surface area contributed by atoms with Gasteiger partial charge >= 0.3 is 5.97 Å². The number of rotatable bonds is 4. The Kier molecular flexibility index (Phi) is 7.98. The van der Waals surface area contributed by atoms with Crippen molar-refractivity contribution < 1.29 is 29.4 Å². The highest BCUT2D eigenvalue weighted by molar-refractivity contribution is 5.87. The Morgan fingerprint density at radius 3 is 1.71 bits per heavy atom. The van der Waals surface area contributed by atoms with E-state index in [2.05, 4.69) is 21.1 Å². The van der Waals surface area contributed by atoms with Crippen LogP contribution in [0.3, 0.4) is 0 Å². The number of hydrogen-bond acceptors (Lipinski definition) is 4. The van der Waals surface area contributed by atoms with Gasteiger partial charge in [0, 0.05) is 0 Å². The summed E-state index contributed by atoms with van der Waals surface area (Å²) >= 11 is 0. The van der Waals surface area contributed by atoms with E-state index in [1.807, 2.05) is 0 Å². The molecule has 0 aromatic rings. The van der Waals surface area contributed by atoms with Crippen LogP contribution in [0.2, 0.25) is 0 Å². The third-order valence-electron chi connectivity index (χ3n) is 1.07. The highest BCUT2D eigenvalue weighted by Gasteiger charge is 2.02. The summed E-state index contributed by atoms with van der Waals surface area (Å²) in [4.78, 5) is 18.7. The Balaban J connectivity index is 0. The Bertz CT molecular complexity index is 173. The maximum Gasteiger partial charge on any atom is 0.309 e. The lowest BCUT2D eigenvalue weighted by Crippen LogP contribution is -2.36. The molecule has 0 radical (unpaired) electrons. The largest absolute Gasteiger partial charge is 0.550 e. The Morgan fingerprint density at radius 1 is 1.29 bits per heavy atom. The van der Waals surface area contributed by atoms with Crippen LogP contribution in [0.4, 0.5) is 0 Å². The summed E-state index contributed by atoms with van der Waals surface area (Å²) in [6.45, 7) is 1.11. The third-order valence-corrected chi connectivity index (χ3v) is 1.07. The quantitative estimate of drug-likeness (QED) is 0.406. The number of carboxylic acid groups (broad SMARTS) is 2. The SMILES string of the molecule is C[N+](C)(C)CCO.O=C([O-])CC(=O)O. The molecule has 0 saturated heterocycles. The van der Waals surface area contributed by atoms with E-state index < -0.39 is 18.4 Å². The third kappa shape index (κ3) is 22.4. The molecule has 6 heteroatoms. The molecule has 0 unspecified atom stereocenters. The van der Waals surface area contributed by atoms with E-state index in [1.54, 1.807) is 0 Å². The minimum atomic E-state index is -1.56. The molecule has 0 spiro atoms.